The largest absolute Gasteiger partial charge is 0.420 e. The van der Waals surface area contributed by atoms with Crippen molar-refractivity contribution >= 4 is 34.2 Å². The first-order chi connectivity index (χ1) is 14.0. The third kappa shape index (κ3) is 5.32. The van der Waals surface area contributed by atoms with Gasteiger partial charge in [-0.15, -0.1) is 11.8 Å². The number of rotatable bonds is 5. The van der Waals surface area contributed by atoms with Gasteiger partial charge in [-0.25, -0.2) is 18.2 Å². The van der Waals surface area contributed by atoms with Crippen molar-refractivity contribution in [2.24, 2.45) is 10.9 Å². The van der Waals surface area contributed by atoms with Gasteiger partial charge in [0.2, 0.25) is 5.92 Å². The predicted octanol–water partition coefficient (Wildman–Crippen LogP) is 6.91. The predicted molar refractivity (Wildman–Crippen MR) is 104 cm³/mol. The minimum absolute atomic E-state index is 0.0133. The van der Waals surface area contributed by atoms with Crippen LogP contribution >= 0.6 is 23.4 Å². The minimum Gasteiger partial charge on any atom is -0.261 e. The lowest BCUT2D eigenvalue weighted by molar-refractivity contribution is -0.137. The lowest BCUT2D eigenvalue weighted by atomic mass is 9.87. The van der Waals surface area contributed by atoms with E-state index in [2.05, 4.69) is 10.1 Å². The molecule has 1 aliphatic carbocycles. The molecule has 1 aromatic carbocycles. The van der Waals surface area contributed by atoms with Crippen LogP contribution in [0.1, 0.15) is 36.9 Å². The molecule has 0 amide bonds. The van der Waals surface area contributed by atoms with E-state index in [4.69, 9.17) is 11.6 Å². The standard InChI is InChI=1S/C19H18ClF6N3S/c1-30-12-2-3-14(21)15(8-12)28-17(20)16-13(19(24,25)26)9-27-29(16)10-11-4-6-18(22,23)7-5-11/h2-3,8-9,11H,4-7,10H2,1H3. The molecule has 0 N–H and O–H groups in total. The molecule has 0 unspecified atom stereocenters. The quantitative estimate of drug-likeness (QED) is 0.271. The SMILES string of the molecule is CSc1ccc(F)c(N=C(Cl)c2c(C(F)(F)F)cnn2CC2CCC(F)(F)CC2)c1. The Bertz CT molecular complexity index is 931. The molecule has 0 radical (unpaired) electrons. The van der Waals surface area contributed by atoms with Crippen LogP contribution in [0.5, 0.6) is 0 Å². The molecule has 3 nitrogen and oxygen atoms in total. The fourth-order valence-corrected chi connectivity index (χ4v) is 4.06. The number of thioether (sulfide) groups is 1. The summed E-state index contributed by atoms with van der Waals surface area (Å²) in [5.41, 5.74) is -1.82. The first-order valence-electron chi connectivity index (χ1n) is 9.09. The van der Waals surface area contributed by atoms with Gasteiger partial charge < -0.3 is 0 Å². The van der Waals surface area contributed by atoms with Crippen LogP contribution in [-0.4, -0.2) is 27.1 Å². The number of hydrogen-bond donors (Lipinski definition) is 0. The maximum Gasteiger partial charge on any atom is 0.420 e. The van der Waals surface area contributed by atoms with Crippen LogP contribution in [0.15, 0.2) is 34.3 Å². The van der Waals surface area contributed by atoms with Crippen molar-refractivity contribution in [3.05, 3.63) is 41.5 Å². The Labute approximate surface area is 178 Å². The van der Waals surface area contributed by atoms with E-state index in [0.717, 1.165) is 10.7 Å². The van der Waals surface area contributed by atoms with Crippen LogP contribution in [0.2, 0.25) is 0 Å². The van der Waals surface area contributed by atoms with Crippen molar-refractivity contribution in [1.82, 2.24) is 9.78 Å². The van der Waals surface area contributed by atoms with E-state index in [9.17, 15) is 26.3 Å². The third-order valence-corrected chi connectivity index (χ3v) is 5.97. The van der Waals surface area contributed by atoms with E-state index in [1.54, 1.807) is 6.26 Å². The average molecular weight is 470 g/mol. The van der Waals surface area contributed by atoms with E-state index >= 15 is 0 Å². The lowest BCUT2D eigenvalue weighted by Crippen LogP contribution is -2.28. The molecule has 164 valence electrons. The van der Waals surface area contributed by atoms with Crippen LogP contribution in [0.3, 0.4) is 0 Å². The Kier molecular flexibility index (Phi) is 6.76. The highest BCUT2D eigenvalue weighted by Crippen LogP contribution is 2.38. The van der Waals surface area contributed by atoms with Crippen molar-refractivity contribution in [1.29, 1.82) is 0 Å². The number of benzene rings is 1. The van der Waals surface area contributed by atoms with Gasteiger partial charge in [-0.1, -0.05) is 11.6 Å². The van der Waals surface area contributed by atoms with Crippen molar-refractivity contribution in [2.75, 3.05) is 6.26 Å². The van der Waals surface area contributed by atoms with Crippen LogP contribution in [0, 0.1) is 11.7 Å². The zero-order valence-electron chi connectivity index (χ0n) is 15.8. The van der Waals surface area contributed by atoms with Gasteiger partial charge in [0.1, 0.15) is 22.8 Å². The minimum atomic E-state index is -4.76. The van der Waals surface area contributed by atoms with Gasteiger partial charge in [0.25, 0.3) is 0 Å². The summed E-state index contributed by atoms with van der Waals surface area (Å²) >= 11 is 7.44. The van der Waals surface area contributed by atoms with Gasteiger partial charge in [-0.3, -0.25) is 4.68 Å². The maximum absolute atomic E-state index is 14.1. The second kappa shape index (κ2) is 8.82. The monoisotopic (exact) mass is 469 g/mol. The Morgan fingerprint density at radius 1 is 1.30 bits per heavy atom. The molecule has 3 rings (SSSR count). The van der Waals surface area contributed by atoms with Crippen LogP contribution < -0.4 is 0 Å². The van der Waals surface area contributed by atoms with Gasteiger partial charge in [0, 0.05) is 24.3 Å². The van der Waals surface area contributed by atoms with Gasteiger partial charge in [-0.05, 0) is 43.2 Å². The highest BCUT2D eigenvalue weighted by atomic mass is 35.5. The molecule has 0 bridgehead atoms. The first kappa shape index (κ1) is 23.0. The van der Waals surface area contributed by atoms with Crippen molar-refractivity contribution < 1.29 is 26.3 Å². The molecule has 1 aliphatic rings. The maximum atomic E-state index is 14.1. The molecular weight excluding hydrogens is 452 g/mol. The topological polar surface area (TPSA) is 30.2 Å². The lowest BCUT2D eigenvalue weighted by Gasteiger charge is -2.28. The molecule has 1 heterocycles. The fourth-order valence-electron chi connectivity index (χ4n) is 3.34. The summed E-state index contributed by atoms with van der Waals surface area (Å²) in [6.45, 7) is -0.0133. The number of aromatic nitrogens is 2. The van der Waals surface area contributed by atoms with E-state index in [1.807, 2.05) is 0 Å². The third-order valence-electron chi connectivity index (χ3n) is 4.98. The summed E-state index contributed by atoms with van der Waals surface area (Å²) in [5, 5.41) is 3.21. The summed E-state index contributed by atoms with van der Waals surface area (Å²) in [6, 6.07) is 4.04. The van der Waals surface area contributed by atoms with Gasteiger partial charge in [0.15, 0.2) is 5.17 Å². The molecule has 0 atom stereocenters. The summed E-state index contributed by atoms with van der Waals surface area (Å²) in [5.74, 6) is -3.76. The molecule has 0 saturated heterocycles. The fraction of sp³-hybridized carbons (Fsp3) is 0.474. The van der Waals surface area contributed by atoms with Crippen molar-refractivity contribution in [2.45, 2.75) is 49.2 Å². The zero-order valence-corrected chi connectivity index (χ0v) is 17.4. The van der Waals surface area contributed by atoms with Crippen LogP contribution in [-0.2, 0) is 12.7 Å². The van der Waals surface area contributed by atoms with E-state index in [-0.39, 0.29) is 43.8 Å². The highest BCUT2D eigenvalue weighted by Gasteiger charge is 2.39. The van der Waals surface area contributed by atoms with Crippen molar-refractivity contribution in [3.63, 3.8) is 0 Å². The summed E-state index contributed by atoms with van der Waals surface area (Å²) < 4.78 is 82.4. The highest BCUT2D eigenvalue weighted by molar-refractivity contribution is 7.98. The second-order valence-corrected chi connectivity index (χ2v) is 8.34. The van der Waals surface area contributed by atoms with E-state index < -0.39 is 34.3 Å². The molecule has 1 fully saturated rings. The van der Waals surface area contributed by atoms with E-state index in [1.165, 1.54) is 23.9 Å². The van der Waals surface area contributed by atoms with Crippen molar-refractivity contribution in [3.8, 4) is 0 Å². The molecule has 2 aromatic rings. The Balaban J connectivity index is 1.97. The van der Waals surface area contributed by atoms with Gasteiger partial charge in [-0.2, -0.15) is 18.3 Å². The van der Waals surface area contributed by atoms with Gasteiger partial charge in [0.05, 0.1) is 6.20 Å². The molecule has 1 saturated carbocycles. The molecular formula is C19H18ClF6N3S. The van der Waals surface area contributed by atoms with Crippen LogP contribution in [0.4, 0.5) is 32.0 Å². The van der Waals surface area contributed by atoms with Gasteiger partial charge >= 0.3 is 6.18 Å². The molecule has 30 heavy (non-hydrogen) atoms. The average Bonchev–Trinajstić information content (AvgIpc) is 3.09. The number of alkyl halides is 5. The Hall–Kier alpha value is -1.68. The molecule has 1 aromatic heterocycles. The number of hydrogen-bond acceptors (Lipinski definition) is 3. The second-order valence-electron chi connectivity index (χ2n) is 7.11. The Morgan fingerprint density at radius 2 is 1.97 bits per heavy atom. The first-order valence-corrected chi connectivity index (χ1v) is 10.7. The summed E-state index contributed by atoms with van der Waals surface area (Å²) in [4.78, 5) is 4.53. The number of aliphatic imine (C=N–C) groups is 1. The number of halogens is 7. The summed E-state index contributed by atoms with van der Waals surface area (Å²) in [7, 11) is 0. The van der Waals surface area contributed by atoms with Crippen LogP contribution in [0.25, 0.3) is 0 Å². The molecule has 0 spiro atoms. The van der Waals surface area contributed by atoms with E-state index in [0.29, 0.717) is 11.1 Å². The zero-order chi connectivity index (χ0) is 22.1. The number of nitrogens with zero attached hydrogens (tertiary/aromatic N) is 3. The molecule has 11 heteroatoms. The normalized spacial score (nSPS) is 18.1. The smallest absolute Gasteiger partial charge is 0.261 e. The summed E-state index contributed by atoms with van der Waals surface area (Å²) in [6.07, 6.45) is -2.71. The molecule has 0 aliphatic heterocycles. The Morgan fingerprint density at radius 3 is 2.57 bits per heavy atom.